The van der Waals surface area contributed by atoms with E-state index in [9.17, 15) is 20.0 Å². The molecule has 2 N–H and O–H groups in total. The number of halogens is 1. The average Bonchev–Trinajstić information content (AvgIpc) is 3.08. The topological polar surface area (TPSA) is 95.7 Å². The highest BCUT2D eigenvalue weighted by Gasteiger charge is 2.57. The molecule has 1 aromatic heterocycles. The Balaban J connectivity index is 0.00000225. The van der Waals surface area contributed by atoms with Gasteiger partial charge in [0, 0.05) is 24.2 Å². The van der Waals surface area contributed by atoms with E-state index in [1.807, 2.05) is 21.7 Å². The molecule has 28 heavy (non-hydrogen) atoms. The molecule has 2 aromatic rings. The molecule has 1 spiro atoms. The van der Waals surface area contributed by atoms with Gasteiger partial charge in [-0.2, -0.15) is 11.3 Å². The van der Waals surface area contributed by atoms with E-state index in [2.05, 4.69) is 5.32 Å². The minimum absolute atomic E-state index is 0. The van der Waals surface area contributed by atoms with Crippen LogP contribution in [0.25, 0.3) is 0 Å². The van der Waals surface area contributed by atoms with Gasteiger partial charge in [0.05, 0.1) is 4.92 Å². The largest absolute Gasteiger partial charge is 0.502 e. The van der Waals surface area contributed by atoms with Gasteiger partial charge in [0.25, 0.3) is 5.91 Å². The van der Waals surface area contributed by atoms with Crippen LogP contribution in [-0.2, 0) is 6.54 Å². The van der Waals surface area contributed by atoms with Gasteiger partial charge in [0.2, 0.25) is 0 Å². The summed E-state index contributed by atoms with van der Waals surface area (Å²) in [6.45, 7) is 2.45. The zero-order valence-electron chi connectivity index (χ0n) is 15.2. The maximum atomic E-state index is 13.2. The molecule has 1 saturated heterocycles. The van der Waals surface area contributed by atoms with Crippen LogP contribution in [-0.4, -0.2) is 40.0 Å². The van der Waals surface area contributed by atoms with E-state index >= 15 is 0 Å². The van der Waals surface area contributed by atoms with Gasteiger partial charge < -0.3 is 15.3 Å². The average molecular weight is 424 g/mol. The summed E-state index contributed by atoms with van der Waals surface area (Å²) in [6.07, 6.45) is 3.09. The van der Waals surface area contributed by atoms with Crippen molar-refractivity contribution in [3.05, 3.63) is 56.3 Å². The molecule has 1 saturated carbocycles. The summed E-state index contributed by atoms with van der Waals surface area (Å²) >= 11 is 1.59. The Morgan fingerprint density at radius 1 is 1.36 bits per heavy atom. The summed E-state index contributed by atoms with van der Waals surface area (Å²) in [5, 5.41) is 28.2. The van der Waals surface area contributed by atoms with Gasteiger partial charge in [-0.3, -0.25) is 14.9 Å². The number of hydrogen-bond donors (Lipinski definition) is 2. The molecule has 2 fully saturated rings. The molecule has 1 unspecified atom stereocenters. The standard InChI is InChI=1S/C19H21N3O4S.ClH/c23-16-9-14(1-2-15(16)22(25)26)18(24)21(11-13-3-8-27-12-13)17-10-19(17)4-6-20-7-5-19;/h1-3,8-9,12,17,20,23H,4-7,10-11H2;1H. The van der Waals surface area contributed by atoms with E-state index in [4.69, 9.17) is 0 Å². The lowest BCUT2D eigenvalue weighted by atomic mass is 9.93. The molecule has 0 bridgehead atoms. The maximum Gasteiger partial charge on any atom is 0.310 e. The Kier molecular flexibility index (Phi) is 5.92. The first kappa shape index (κ1) is 20.6. The lowest BCUT2D eigenvalue weighted by molar-refractivity contribution is -0.385. The fourth-order valence-electron chi connectivity index (χ4n) is 4.11. The van der Waals surface area contributed by atoms with Crippen LogP contribution in [0.1, 0.15) is 35.2 Å². The van der Waals surface area contributed by atoms with Crippen molar-refractivity contribution in [3.8, 4) is 5.75 Å². The number of nitrogens with zero attached hydrogens (tertiary/aromatic N) is 2. The number of rotatable bonds is 5. The molecule has 1 aliphatic heterocycles. The lowest BCUT2D eigenvalue weighted by Crippen LogP contribution is -2.39. The Morgan fingerprint density at radius 2 is 2.11 bits per heavy atom. The van der Waals surface area contributed by atoms with Gasteiger partial charge >= 0.3 is 5.69 Å². The van der Waals surface area contributed by atoms with Crippen LogP contribution < -0.4 is 5.32 Å². The molecule has 1 aromatic carbocycles. The van der Waals surface area contributed by atoms with Gasteiger partial charge in [-0.1, -0.05) is 0 Å². The zero-order chi connectivity index (χ0) is 19.0. The van der Waals surface area contributed by atoms with Crippen molar-refractivity contribution in [3.63, 3.8) is 0 Å². The van der Waals surface area contributed by atoms with Crippen LogP contribution in [0, 0.1) is 15.5 Å². The second-order valence-electron chi connectivity index (χ2n) is 7.36. The minimum Gasteiger partial charge on any atom is -0.502 e. The summed E-state index contributed by atoms with van der Waals surface area (Å²) in [5.74, 6) is -0.666. The van der Waals surface area contributed by atoms with Crippen LogP contribution in [0.3, 0.4) is 0 Å². The van der Waals surface area contributed by atoms with Crippen molar-refractivity contribution in [2.24, 2.45) is 5.41 Å². The summed E-state index contributed by atoms with van der Waals surface area (Å²) in [4.78, 5) is 25.4. The third kappa shape index (κ3) is 3.85. The molecular formula is C19H22ClN3O4S. The Hall–Kier alpha value is -2.16. The van der Waals surface area contributed by atoms with E-state index in [0.29, 0.717) is 6.54 Å². The van der Waals surface area contributed by atoms with Gasteiger partial charge in [0.15, 0.2) is 5.75 Å². The van der Waals surface area contributed by atoms with E-state index in [1.54, 1.807) is 11.3 Å². The third-order valence-corrected chi connectivity index (χ3v) is 6.47. The van der Waals surface area contributed by atoms with Crippen molar-refractivity contribution < 1.29 is 14.8 Å². The highest BCUT2D eigenvalue weighted by molar-refractivity contribution is 7.07. The maximum absolute atomic E-state index is 13.2. The van der Waals surface area contributed by atoms with Crippen molar-refractivity contribution in [1.29, 1.82) is 0 Å². The number of hydrogen-bond acceptors (Lipinski definition) is 6. The number of nitro groups is 1. The Morgan fingerprint density at radius 3 is 2.71 bits per heavy atom. The predicted molar refractivity (Wildman–Crippen MR) is 109 cm³/mol. The van der Waals surface area contributed by atoms with Crippen LogP contribution in [0.15, 0.2) is 35.0 Å². The highest BCUT2D eigenvalue weighted by Crippen LogP contribution is 2.56. The number of thiophene rings is 1. The van der Waals surface area contributed by atoms with Crippen LogP contribution >= 0.6 is 23.7 Å². The molecule has 150 valence electrons. The first-order valence-corrected chi connectivity index (χ1v) is 9.95. The molecular weight excluding hydrogens is 402 g/mol. The Labute approximate surface area is 172 Å². The third-order valence-electron chi connectivity index (χ3n) is 5.74. The summed E-state index contributed by atoms with van der Waals surface area (Å²) < 4.78 is 0. The number of benzene rings is 1. The number of aromatic hydroxyl groups is 1. The number of amides is 1. The summed E-state index contributed by atoms with van der Waals surface area (Å²) in [7, 11) is 0. The molecule has 7 nitrogen and oxygen atoms in total. The fourth-order valence-corrected chi connectivity index (χ4v) is 4.77. The van der Waals surface area contributed by atoms with E-state index in [-0.39, 0.29) is 35.3 Å². The summed E-state index contributed by atoms with van der Waals surface area (Å²) in [5.41, 5.74) is 1.15. The normalized spacial score (nSPS) is 19.6. The molecule has 2 heterocycles. The number of carbonyl (C=O) groups is 1. The molecule has 0 radical (unpaired) electrons. The molecule has 1 aliphatic carbocycles. The van der Waals surface area contributed by atoms with Crippen molar-refractivity contribution in [2.75, 3.05) is 13.1 Å². The SMILES string of the molecule is Cl.O=C(c1ccc([N+](=O)[O-])c(O)c1)N(Cc1ccsc1)C1CC12CCNCC2. The van der Waals surface area contributed by atoms with Crippen LogP contribution in [0.4, 0.5) is 5.69 Å². The second-order valence-corrected chi connectivity index (χ2v) is 8.14. The molecule has 4 rings (SSSR count). The molecule has 1 atom stereocenters. The second kappa shape index (κ2) is 8.06. The summed E-state index contributed by atoms with van der Waals surface area (Å²) in [6, 6.07) is 6.01. The smallest absolute Gasteiger partial charge is 0.310 e. The number of carbonyl (C=O) groups excluding carboxylic acids is 1. The number of phenolic OH excluding ortho intramolecular Hbond substituents is 1. The van der Waals surface area contributed by atoms with Crippen molar-refractivity contribution in [2.45, 2.75) is 31.8 Å². The monoisotopic (exact) mass is 423 g/mol. The number of nitro benzene ring substituents is 1. The number of phenols is 1. The fraction of sp³-hybridized carbons (Fsp3) is 0.421. The van der Waals surface area contributed by atoms with E-state index < -0.39 is 16.4 Å². The first-order valence-electron chi connectivity index (χ1n) is 9.00. The van der Waals surface area contributed by atoms with Gasteiger partial charge in [-0.15, -0.1) is 12.4 Å². The van der Waals surface area contributed by atoms with Gasteiger partial charge in [0.1, 0.15) is 0 Å². The predicted octanol–water partition coefficient (Wildman–Crippen LogP) is 3.57. The molecule has 1 amide bonds. The minimum atomic E-state index is -0.655. The zero-order valence-corrected chi connectivity index (χ0v) is 16.8. The Bertz CT molecular complexity index is 868. The van der Waals surface area contributed by atoms with Gasteiger partial charge in [-0.05, 0) is 72.3 Å². The lowest BCUT2D eigenvalue weighted by Gasteiger charge is -2.29. The molecule has 2 aliphatic rings. The van der Waals surface area contributed by atoms with Crippen LogP contribution in [0.2, 0.25) is 0 Å². The molecule has 9 heteroatoms. The van der Waals surface area contributed by atoms with Gasteiger partial charge in [-0.25, -0.2) is 0 Å². The van der Waals surface area contributed by atoms with Crippen molar-refractivity contribution in [1.82, 2.24) is 10.2 Å². The quantitative estimate of drug-likeness (QED) is 0.566. The number of nitrogens with one attached hydrogen (secondary N) is 1. The van der Waals surface area contributed by atoms with E-state index in [1.165, 1.54) is 18.2 Å². The number of piperidine rings is 1. The van der Waals surface area contributed by atoms with E-state index in [0.717, 1.165) is 37.9 Å². The van der Waals surface area contributed by atoms with Crippen LogP contribution in [0.5, 0.6) is 5.75 Å². The highest BCUT2D eigenvalue weighted by atomic mass is 35.5. The van der Waals surface area contributed by atoms with Crippen molar-refractivity contribution >= 4 is 35.3 Å². The first-order chi connectivity index (χ1) is 13.0.